The molecule has 1 aromatic heterocycles. The summed E-state index contributed by atoms with van der Waals surface area (Å²) in [6, 6.07) is 4.66. The lowest BCUT2D eigenvalue weighted by molar-refractivity contribution is -0.440. The smallest absolute Gasteiger partial charge is 0.300 e. The number of nitrogens with two attached hydrogens (primary N) is 2. The number of aromatic nitrogens is 1. The van der Waals surface area contributed by atoms with Crippen molar-refractivity contribution in [2.24, 2.45) is 4.99 Å². The number of nitrogens with zero attached hydrogens (tertiary/aromatic N) is 4. The molecule has 0 saturated heterocycles. The molecule has 0 fully saturated rings. The Morgan fingerprint density at radius 1 is 1.25 bits per heavy atom. The van der Waals surface area contributed by atoms with Gasteiger partial charge in [-0.05, 0) is 62.0 Å². The molecule has 1 aromatic carbocycles. The number of fused-ring (bicyclic) bond motifs is 1. The van der Waals surface area contributed by atoms with Gasteiger partial charge in [-0.25, -0.2) is 13.9 Å². The van der Waals surface area contributed by atoms with Crippen molar-refractivity contribution < 1.29 is 13.8 Å². The van der Waals surface area contributed by atoms with Gasteiger partial charge in [-0.3, -0.25) is 4.79 Å². The van der Waals surface area contributed by atoms with E-state index in [9.17, 15) is 9.18 Å². The minimum atomic E-state index is -0.347. The third-order valence-electron chi connectivity index (χ3n) is 5.71. The molecule has 0 atom stereocenters. The average Bonchev–Trinajstić information content (AvgIpc) is 3.19. The minimum Gasteiger partial charge on any atom is -0.396 e. The van der Waals surface area contributed by atoms with E-state index >= 15 is 0 Å². The van der Waals surface area contributed by atoms with E-state index in [4.69, 9.17) is 16.5 Å². The molecule has 194 valence electrons. The van der Waals surface area contributed by atoms with Crippen LogP contribution in [-0.2, 0) is 4.79 Å². The second kappa shape index (κ2) is 14.0. The molecule has 0 bridgehead atoms. The molecular weight excluding hydrogens is 457 g/mol. The Kier molecular flexibility index (Phi) is 11.1. The van der Waals surface area contributed by atoms with Crippen LogP contribution in [0.5, 0.6) is 0 Å². The van der Waals surface area contributed by atoms with Crippen LogP contribution in [0.4, 0.5) is 27.3 Å². The predicted molar refractivity (Wildman–Crippen MR) is 146 cm³/mol. The van der Waals surface area contributed by atoms with E-state index in [1.54, 1.807) is 12.1 Å². The van der Waals surface area contributed by atoms with Crippen molar-refractivity contribution >= 4 is 41.7 Å². The number of nitrogens with one attached hydrogen (secondary N) is 1. The van der Waals surface area contributed by atoms with Crippen molar-refractivity contribution in [2.75, 3.05) is 36.5 Å². The first-order valence-electron chi connectivity index (χ1n) is 12.3. The molecule has 9 heteroatoms. The van der Waals surface area contributed by atoms with Crippen LogP contribution in [0.15, 0.2) is 35.5 Å². The number of halogens is 1. The van der Waals surface area contributed by atoms with Crippen molar-refractivity contribution in [2.45, 2.75) is 52.9 Å². The van der Waals surface area contributed by atoms with E-state index in [1.807, 2.05) is 38.1 Å². The zero-order chi connectivity index (χ0) is 26.7. The summed E-state index contributed by atoms with van der Waals surface area (Å²) in [5.41, 5.74) is 14.6. The maximum atomic E-state index is 12.4. The fraction of sp³-hybridized carbons (Fsp3) is 0.407. The maximum Gasteiger partial charge on any atom is 0.300 e. The van der Waals surface area contributed by atoms with Crippen LogP contribution >= 0.6 is 0 Å². The molecule has 1 aliphatic heterocycles. The largest absolute Gasteiger partial charge is 0.396 e. The Labute approximate surface area is 212 Å². The highest BCUT2D eigenvalue weighted by atomic mass is 19.1. The number of allylic oxidation sites excluding steroid dienone is 1. The van der Waals surface area contributed by atoms with E-state index in [1.165, 1.54) is 6.07 Å². The van der Waals surface area contributed by atoms with Gasteiger partial charge >= 0.3 is 0 Å². The molecule has 5 N–H and O–H groups in total. The number of carbonyl (C=O) groups excluding carboxylic acids is 1. The Balaban J connectivity index is 0.000000425. The quantitative estimate of drug-likeness (QED) is 0.191. The van der Waals surface area contributed by atoms with Crippen LogP contribution in [0.2, 0.25) is 0 Å². The number of amides is 1. The fourth-order valence-corrected chi connectivity index (χ4v) is 3.96. The number of hydrogen-bond donors (Lipinski definition) is 3. The summed E-state index contributed by atoms with van der Waals surface area (Å²) in [7, 11) is 1.98. The van der Waals surface area contributed by atoms with Gasteiger partial charge < -0.3 is 21.7 Å². The number of amidine groups is 1. The molecule has 0 radical (unpaired) electrons. The van der Waals surface area contributed by atoms with E-state index in [0.29, 0.717) is 17.7 Å². The Morgan fingerprint density at radius 3 is 2.61 bits per heavy atom. The van der Waals surface area contributed by atoms with Gasteiger partial charge in [0.25, 0.3) is 11.2 Å². The highest BCUT2D eigenvalue weighted by Gasteiger charge is 2.32. The number of hydrogen-bond acceptors (Lipinski definition) is 6. The Hall–Kier alpha value is -3.75. The van der Waals surface area contributed by atoms with Crippen molar-refractivity contribution in [3.63, 3.8) is 0 Å². The van der Waals surface area contributed by atoms with Gasteiger partial charge in [0, 0.05) is 13.6 Å². The number of nitrogen functional groups attached to an aromatic ring is 2. The molecule has 0 unspecified atom stereocenters. The van der Waals surface area contributed by atoms with E-state index in [0.717, 1.165) is 73.2 Å². The first-order valence-corrected chi connectivity index (χ1v) is 12.3. The molecule has 8 nitrogen and oxygen atoms in total. The number of unbranched alkanes of at least 4 members (excludes halogenated alkanes) is 2. The van der Waals surface area contributed by atoms with Crippen LogP contribution in [-0.4, -0.2) is 41.9 Å². The lowest BCUT2D eigenvalue weighted by Crippen LogP contribution is -2.29. The summed E-state index contributed by atoms with van der Waals surface area (Å²) in [6.07, 6.45) is 9.62. The molecule has 3 rings (SSSR count). The number of rotatable bonds is 11. The average molecular weight is 497 g/mol. The first-order chi connectivity index (χ1) is 17.2. The zero-order valence-corrected chi connectivity index (χ0v) is 21.9. The highest BCUT2D eigenvalue weighted by molar-refractivity contribution is 5.85. The monoisotopic (exact) mass is 496 g/mol. The number of carbonyl (C=O) groups is 1. The standard InChI is InChI=1S/C20H30N6O.C7H8FN/c1-5-7-10-16-24-17-19(26(16)13-9-8-11-22-14-27)18(25(4)12-6-2)15(3)23-20(17)21;1-5-2-3-6(8)7(9)4-5/h6,12,14H,3,5,7-11,13H2,1-2,4H3,(H2-,21,22,23,27);2-4H,9H2,1H3/p+1/b12-6-;. The van der Waals surface area contributed by atoms with Crippen LogP contribution < -0.4 is 32.4 Å². The number of anilines is 3. The van der Waals surface area contributed by atoms with Gasteiger partial charge in [0.15, 0.2) is 5.82 Å². The minimum absolute atomic E-state index is 0.218. The predicted octanol–water partition coefficient (Wildman–Crippen LogP) is 3.15. The topological polar surface area (TPSA) is 113 Å². The van der Waals surface area contributed by atoms with Gasteiger partial charge in [-0.15, -0.1) is 0 Å². The third kappa shape index (κ3) is 7.37. The van der Waals surface area contributed by atoms with Gasteiger partial charge in [-0.1, -0.05) is 32.1 Å². The molecule has 0 saturated carbocycles. The fourth-order valence-electron chi connectivity index (χ4n) is 3.96. The number of aryl methyl sites for hydroxylation is 1. The second-order valence-corrected chi connectivity index (χ2v) is 8.67. The molecule has 36 heavy (non-hydrogen) atoms. The van der Waals surface area contributed by atoms with Crippen LogP contribution in [0, 0.1) is 12.7 Å². The van der Waals surface area contributed by atoms with Gasteiger partial charge in [0.1, 0.15) is 11.5 Å². The Morgan fingerprint density at radius 2 is 2.00 bits per heavy atom. The van der Waals surface area contributed by atoms with Crippen molar-refractivity contribution in [3.8, 4) is 0 Å². The summed E-state index contributed by atoms with van der Waals surface area (Å²) < 4.78 is 14.6. The molecule has 0 aliphatic carbocycles. The number of pyridine rings is 1. The lowest BCUT2D eigenvalue weighted by atomic mass is 10.2. The van der Waals surface area contributed by atoms with Crippen molar-refractivity contribution in [1.29, 1.82) is 0 Å². The van der Waals surface area contributed by atoms with Crippen LogP contribution in [0.3, 0.4) is 0 Å². The van der Waals surface area contributed by atoms with E-state index in [2.05, 4.69) is 28.4 Å². The summed E-state index contributed by atoms with van der Waals surface area (Å²) >= 11 is 0. The summed E-state index contributed by atoms with van der Waals surface area (Å²) in [5, 5.41) is 4.10. The highest BCUT2D eigenvalue weighted by Crippen LogP contribution is 2.25. The molecule has 2 heterocycles. The van der Waals surface area contributed by atoms with Gasteiger partial charge in [0.2, 0.25) is 12.1 Å². The molecule has 2 aromatic rings. The lowest BCUT2D eigenvalue weighted by Gasteiger charge is -2.17. The second-order valence-electron chi connectivity index (χ2n) is 8.67. The summed E-state index contributed by atoms with van der Waals surface area (Å²) in [4.78, 5) is 21.7. The van der Waals surface area contributed by atoms with Crippen LogP contribution in [0.1, 0.15) is 51.5 Å². The molecular formula is C27H39FN7O+. The third-order valence-corrected chi connectivity index (χ3v) is 5.71. The van der Waals surface area contributed by atoms with Gasteiger partial charge in [0.05, 0.1) is 24.0 Å². The van der Waals surface area contributed by atoms with Crippen molar-refractivity contribution in [1.82, 2.24) is 10.3 Å². The summed E-state index contributed by atoms with van der Waals surface area (Å²) in [5.74, 6) is 1.11. The molecule has 1 aliphatic rings. The normalized spacial score (nSPS) is 12.1. The van der Waals surface area contributed by atoms with Gasteiger partial charge in [-0.2, -0.15) is 0 Å². The first kappa shape index (κ1) is 28.5. The molecule has 0 spiro atoms. The van der Waals surface area contributed by atoms with E-state index in [-0.39, 0.29) is 11.5 Å². The maximum absolute atomic E-state index is 12.4. The Bertz CT molecular complexity index is 1220. The van der Waals surface area contributed by atoms with E-state index < -0.39 is 0 Å². The molecule has 1 amide bonds. The SMILES string of the molecule is C=c1nc(N)c2c(c1N(C)/C=C\C)[N+](CCCCNC=O)=C(CCCC)N=2.Cc1ccc(F)c(N)c1. The van der Waals surface area contributed by atoms with Crippen molar-refractivity contribution in [3.05, 3.63) is 52.6 Å². The number of benzene rings is 1. The summed E-state index contributed by atoms with van der Waals surface area (Å²) in [6.45, 7) is 11.6. The zero-order valence-electron chi connectivity index (χ0n) is 21.9. The van der Waals surface area contributed by atoms with Crippen LogP contribution in [0.25, 0.3) is 6.58 Å².